The minimum atomic E-state index is 0.140. The third-order valence-electron chi connectivity index (χ3n) is 4.27. The van der Waals surface area contributed by atoms with E-state index in [0.29, 0.717) is 11.8 Å². The van der Waals surface area contributed by atoms with E-state index in [-0.39, 0.29) is 5.92 Å². The highest BCUT2D eigenvalue weighted by Crippen LogP contribution is 2.39. The van der Waals surface area contributed by atoms with Gasteiger partial charge in [-0.1, -0.05) is 53.6 Å². The van der Waals surface area contributed by atoms with Crippen molar-refractivity contribution < 1.29 is 4.79 Å². The summed E-state index contributed by atoms with van der Waals surface area (Å²) < 4.78 is 0. The molecule has 0 fully saturated rings. The Morgan fingerprint density at radius 1 is 1.25 bits per heavy atom. The van der Waals surface area contributed by atoms with Crippen LogP contribution in [0.1, 0.15) is 45.1 Å². The van der Waals surface area contributed by atoms with Gasteiger partial charge in [0, 0.05) is 11.8 Å². The van der Waals surface area contributed by atoms with E-state index in [2.05, 4.69) is 57.2 Å². The van der Waals surface area contributed by atoms with Crippen molar-refractivity contribution in [3.63, 3.8) is 0 Å². The number of carbonyl (C=O) groups is 1. The van der Waals surface area contributed by atoms with Crippen LogP contribution in [0.4, 0.5) is 0 Å². The van der Waals surface area contributed by atoms with Gasteiger partial charge in [-0.2, -0.15) is 0 Å². The fourth-order valence-corrected chi connectivity index (χ4v) is 3.11. The lowest BCUT2D eigenvalue weighted by Crippen LogP contribution is -2.24. The van der Waals surface area contributed by atoms with Crippen LogP contribution < -0.4 is 0 Å². The summed E-state index contributed by atoms with van der Waals surface area (Å²) in [4.78, 5) is 11.5. The van der Waals surface area contributed by atoms with Crippen LogP contribution in [-0.2, 0) is 4.79 Å². The Morgan fingerprint density at radius 2 is 1.95 bits per heavy atom. The van der Waals surface area contributed by atoms with Crippen molar-refractivity contribution in [2.24, 2.45) is 11.8 Å². The zero-order valence-corrected chi connectivity index (χ0v) is 12.7. The Balaban J connectivity index is 2.22. The molecule has 3 unspecified atom stereocenters. The summed E-state index contributed by atoms with van der Waals surface area (Å²) in [5, 5.41) is 0. The Morgan fingerprint density at radius 3 is 2.55 bits per heavy atom. The maximum Gasteiger partial charge on any atom is 0.123 e. The Hall–Kier alpha value is -1.63. The SMILES string of the molecule is CC(C)=CCC1C(C)=CC(c2ccccc2)CC1C=O. The third kappa shape index (κ3) is 3.47. The van der Waals surface area contributed by atoms with Crippen molar-refractivity contribution in [2.45, 2.75) is 39.5 Å². The minimum absolute atomic E-state index is 0.140. The molecule has 0 aliphatic heterocycles. The molecule has 2 rings (SSSR count). The average Bonchev–Trinajstić information content (AvgIpc) is 2.46. The lowest BCUT2D eigenvalue weighted by Gasteiger charge is -2.32. The largest absolute Gasteiger partial charge is 0.303 e. The fraction of sp³-hybridized carbons (Fsp3) is 0.421. The van der Waals surface area contributed by atoms with E-state index < -0.39 is 0 Å². The van der Waals surface area contributed by atoms with Crippen LogP contribution in [0.25, 0.3) is 0 Å². The summed E-state index contributed by atoms with van der Waals surface area (Å²) in [7, 11) is 0. The zero-order chi connectivity index (χ0) is 14.5. The van der Waals surface area contributed by atoms with Crippen LogP contribution in [0.5, 0.6) is 0 Å². The predicted octanol–water partition coefficient (Wildman–Crippen LogP) is 4.91. The number of allylic oxidation sites excluding steroid dienone is 4. The highest BCUT2D eigenvalue weighted by molar-refractivity contribution is 5.56. The van der Waals surface area contributed by atoms with Gasteiger partial charge < -0.3 is 4.79 Å². The first-order valence-corrected chi connectivity index (χ1v) is 7.43. The second kappa shape index (κ2) is 6.69. The molecule has 1 aliphatic rings. The third-order valence-corrected chi connectivity index (χ3v) is 4.27. The quantitative estimate of drug-likeness (QED) is 0.560. The Bertz CT molecular complexity index is 506. The maximum absolute atomic E-state index is 11.5. The average molecular weight is 268 g/mol. The summed E-state index contributed by atoms with van der Waals surface area (Å²) in [6.07, 6.45) is 7.69. The molecule has 0 radical (unpaired) electrons. The van der Waals surface area contributed by atoms with E-state index in [9.17, 15) is 4.79 Å². The van der Waals surface area contributed by atoms with Crippen molar-refractivity contribution >= 4 is 6.29 Å². The number of carbonyl (C=O) groups excluding carboxylic acids is 1. The van der Waals surface area contributed by atoms with Crippen LogP contribution in [0, 0.1) is 11.8 Å². The van der Waals surface area contributed by atoms with Gasteiger partial charge in [-0.05, 0) is 45.1 Å². The number of rotatable bonds is 4. The van der Waals surface area contributed by atoms with Gasteiger partial charge in [-0.15, -0.1) is 0 Å². The summed E-state index contributed by atoms with van der Waals surface area (Å²) in [5.41, 5.74) is 4.01. The van der Waals surface area contributed by atoms with Gasteiger partial charge in [0.1, 0.15) is 6.29 Å². The molecular formula is C19H24O. The number of aldehydes is 1. The topological polar surface area (TPSA) is 17.1 Å². The molecule has 0 bridgehead atoms. The maximum atomic E-state index is 11.5. The van der Waals surface area contributed by atoms with Gasteiger partial charge in [0.2, 0.25) is 0 Å². The lowest BCUT2D eigenvalue weighted by atomic mass is 9.72. The molecule has 106 valence electrons. The number of benzene rings is 1. The standard InChI is InChI=1S/C19H24O/c1-14(2)9-10-19-15(3)11-17(12-18(19)13-20)16-7-5-4-6-8-16/h4-9,11,13,17-19H,10,12H2,1-3H3. The Kier molecular flexibility index (Phi) is 4.94. The van der Waals surface area contributed by atoms with Crippen molar-refractivity contribution in [2.75, 3.05) is 0 Å². The van der Waals surface area contributed by atoms with Crippen LogP contribution >= 0.6 is 0 Å². The van der Waals surface area contributed by atoms with Gasteiger partial charge in [-0.3, -0.25) is 0 Å². The highest BCUT2D eigenvalue weighted by atomic mass is 16.1. The van der Waals surface area contributed by atoms with Gasteiger partial charge in [0.15, 0.2) is 0 Å². The molecule has 0 heterocycles. The molecule has 1 nitrogen and oxygen atoms in total. The number of hydrogen-bond acceptors (Lipinski definition) is 1. The van der Waals surface area contributed by atoms with E-state index in [1.165, 1.54) is 16.7 Å². The predicted molar refractivity (Wildman–Crippen MR) is 84.6 cm³/mol. The van der Waals surface area contributed by atoms with Crippen molar-refractivity contribution in [3.05, 3.63) is 59.2 Å². The molecule has 0 spiro atoms. The van der Waals surface area contributed by atoms with Crippen LogP contribution in [0.2, 0.25) is 0 Å². The Labute approximate surface area is 122 Å². The molecule has 0 amide bonds. The summed E-state index contributed by atoms with van der Waals surface area (Å²) in [5.74, 6) is 0.900. The zero-order valence-electron chi connectivity index (χ0n) is 12.7. The van der Waals surface area contributed by atoms with Crippen molar-refractivity contribution in [1.82, 2.24) is 0 Å². The van der Waals surface area contributed by atoms with Crippen LogP contribution in [0.3, 0.4) is 0 Å². The summed E-state index contributed by atoms with van der Waals surface area (Å²) in [6, 6.07) is 10.5. The van der Waals surface area contributed by atoms with E-state index in [1.807, 2.05) is 6.07 Å². The monoisotopic (exact) mass is 268 g/mol. The van der Waals surface area contributed by atoms with Crippen LogP contribution in [0.15, 0.2) is 53.6 Å². The molecule has 0 N–H and O–H groups in total. The minimum Gasteiger partial charge on any atom is -0.303 e. The molecule has 1 aromatic carbocycles. The van der Waals surface area contributed by atoms with E-state index >= 15 is 0 Å². The second-order valence-corrected chi connectivity index (χ2v) is 6.09. The van der Waals surface area contributed by atoms with Gasteiger partial charge in [0.25, 0.3) is 0 Å². The number of hydrogen-bond donors (Lipinski definition) is 0. The van der Waals surface area contributed by atoms with Gasteiger partial charge in [0.05, 0.1) is 0 Å². The molecule has 0 saturated carbocycles. The fourth-order valence-electron chi connectivity index (χ4n) is 3.11. The van der Waals surface area contributed by atoms with E-state index in [4.69, 9.17) is 0 Å². The van der Waals surface area contributed by atoms with Crippen molar-refractivity contribution in [1.29, 1.82) is 0 Å². The first kappa shape index (κ1) is 14.8. The molecule has 0 saturated heterocycles. The summed E-state index contributed by atoms with van der Waals surface area (Å²) in [6.45, 7) is 6.41. The smallest absolute Gasteiger partial charge is 0.123 e. The van der Waals surface area contributed by atoms with Crippen molar-refractivity contribution in [3.8, 4) is 0 Å². The first-order chi connectivity index (χ1) is 9.61. The van der Waals surface area contributed by atoms with E-state index in [0.717, 1.165) is 19.1 Å². The normalized spacial score (nSPS) is 25.8. The van der Waals surface area contributed by atoms with Crippen LogP contribution in [-0.4, -0.2) is 6.29 Å². The molecule has 1 aromatic rings. The molecule has 3 atom stereocenters. The molecular weight excluding hydrogens is 244 g/mol. The van der Waals surface area contributed by atoms with Gasteiger partial charge >= 0.3 is 0 Å². The van der Waals surface area contributed by atoms with Gasteiger partial charge in [-0.25, -0.2) is 0 Å². The lowest BCUT2D eigenvalue weighted by molar-refractivity contribution is -0.112. The van der Waals surface area contributed by atoms with E-state index in [1.54, 1.807) is 0 Å². The molecule has 1 heteroatoms. The summed E-state index contributed by atoms with van der Waals surface area (Å²) >= 11 is 0. The highest BCUT2D eigenvalue weighted by Gasteiger charge is 2.29. The first-order valence-electron chi connectivity index (χ1n) is 7.43. The molecule has 1 aliphatic carbocycles. The molecule has 0 aromatic heterocycles. The molecule has 20 heavy (non-hydrogen) atoms. The second-order valence-electron chi connectivity index (χ2n) is 6.09.